The van der Waals surface area contributed by atoms with E-state index in [-0.39, 0.29) is 5.97 Å². The summed E-state index contributed by atoms with van der Waals surface area (Å²) < 4.78 is 12.3. The molecule has 41 heavy (non-hydrogen) atoms. The van der Waals surface area contributed by atoms with E-state index >= 15 is 0 Å². The highest BCUT2D eigenvalue weighted by Crippen LogP contribution is 2.32. The zero-order valence-corrected chi connectivity index (χ0v) is 25.6. The van der Waals surface area contributed by atoms with E-state index in [0.29, 0.717) is 31.2 Å². The number of morpholine rings is 1. The van der Waals surface area contributed by atoms with Crippen LogP contribution in [0.5, 0.6) is 5.75 Å². The first-order valence-electron chi connectivity index (χ1n) is 15.8. The molecule has 1 aliphatic rings. The lowest BCUT2D eigenvalue weighted by Crippen LogP contribution is -2.36. The molecule has 0 unspecified atom stereocenters. The predicted octanol–water partition coefficient (Wildman–Crippen LogP) is 9.14. The van der Waals surface area contributed by atoms with Crippen LogP contribution in [0.15, 0.2) is 47.9 Å². The van der Waals surface area contributed by atoms with Gasteiger partial charge in [-0.15, -0.1) is 11.3 Å². The number of allylic oxidation sites excluding steroid dienone is 2. The Balaban J connectivity index is 1.15. The molecule has 0 N–H and O–H groups in total. The first-order chi connectivity index (χ1) is 20.2. The van der Waals surface area contributed by atoms with E-state index in [9.17, 15) is 4.79 Å². The monoisotopic (exact) mass is 577 g/mol. The normalized spacial score (nSPS) is 13.8. The summed E-state index contributed by atoms with van der Waals surface area (Å²) in [4.78, 5) is 24.5. The van der Waals surface area contributed by atoms with Crippen LogP contribution >= 0.6 is 11.3 Å². The number of fused-ring (bicyclic) bond motifs is 1. The molecule has 0 bridgehead atoms. The van der Waals surface area contributed by atoms with Crippen LogP contribution in [0.4, 0.5) is 5.82 Å². The summed E-state index contributed by atoms with van der Waals surface area (Å²) in [5, 5.41) is 2.06. The molecule has 4 rings (SSSR count). The number of ether oxygens (including phenoxy) is 2. The minimum atomic E-state index is -0.178. The van der Waals surface area contributed by atoms with Crippen LogP contribution < -0.4 is 9.64 Å². The van der Waals surface area contributed by atoms with Crippen LogP contribution in [-0.2, 0) is 9.53 Å². The fourth-order valence-corrected chi connectivity index (χ4v) is 6.04. The van der Waals surface area contributed by atoms with E-state index in [1.54, 1.807) is 11.3 Å². The van der Waals surface area contributed by atoms with Gasteiger partial charge in [-0.05, 0) is 55.7 Å². The molecule has 6 nitrogen and oxygen atoms in total. The van der Waals surface area contributed by atoms with Gasteiger partial charge in [-0.1, -0.05) is 82.6 Å². The number of carbonyl (C=O) groups excluding carboxylic acids is 1. The lowest BCUT2D eigenvalue weighted by molar-refractivity contribution is -0.134. The molecule has 0 aliphatic carbocycles. The van der Waals surface area contributed by atoms with Crippen molar-refractivity contribution in [1.82, 2.24) is 9.97 Å². The number of hydrogen-bond donors (Lipinski definition) is 0. The summed E-state index contributed by atoms with van der Waals surface area (Å²) in [6, 6.07) is 9.60. The number of thiophene rings is 1. The number of anilines is 1. The Labute approximate surface area is 250 Å². The van der Waals surface area contributed by atoms with E-state index in [1.807, 2.05) is 30.3 Å². The number of aromatic nitrogens is 2. The molecule has 3 heterocycles. The van der Waals surface area contributed by atoms with Crippen LogP contribution in [0.2, 0.25) is 0 Å². The van der Waals surface area contributed by atoms with Gasteiger partial charge in [0.1, 0.15) is 5.75 Å². The van der Waals surface area contributed by atoms with Gasteiger partial charge in [0, 0.05) is 25.1 Å². The Morgan fingerprint density at radius 1 is 0.927 bits per heavy atom. The van der Waals surface area contributed by atoms with E-state index in [1.165, 1.54) is 70.6 Å². The van der Waals surface area contributed by atoms with Crippen LogP contribution in [-0.4, -0.2) is 42.2 Å². The predicted molar refractivity (Wildman–Crippen MR) is 171 cm³/mol. The molecule has 1 fully saturated rings. The molecule has 0 spiro atoms. The van der Waals surface area contributed by atoms with Gasteiger partial charge in [-0.2, -0.15) is 0 Å². The number of nitrogens with zero attached hydrogens (tertiary/aromatic N) is 3. The van der Waals surface area contributed by atoms with Gasteiger partial charge < -0.3 is 14.4 Å². The maximum Gasteiger partial charge on any atom is 0.311 e. The summed E-state index contributed by atoms with van der Waals surface area (Å²) in [5.74, 6) is 1.97. The third kappa shape index (κ3) is 10.5. The third-order valence-corrected chi connectivity index (χ3v) is 8.46. The van der Waals surface area contributed by atoms with Crippen molar-refractivity contribution >= 4 is 33.3 Å². The third-order valence-electron chi connectivity index (χ3n) is 7.56. The number of esters is 1. The van der Waals surface area contributed by atoms with Gasteiger partial charge in [0.05, 0.1) is 23.4 Å². The Morgan fingerprint density at radius 2 is 1.63 bits per heavy atom. The molecule has 1 saturated heterocycles. The molecular weight excluding hydrogens is 530 g/mol. The number of carbonyl (C=O) groups is 1. The van der Waals surface area contributed by atoms with Crippen LogP contribution in [0.25, 0.3) is 21.6 Å². The van der Waals surface area contributed by atoms with Crippen LogP contribution in [0, 0.1) is 0 Å². The average molecular weight is 578 g/mol. The Hall–Kier alpha value is -2.77. The van der Waals surface area contributed by atoms with Crippen molar-refractivity contribution < 1.29 is 14.3 Å². The summed E-state index contributed by atoms with van der Waals surface area (Å²) in [7, 11) is 0. The molecule has 0 amide bonds. The van der Waals surface area contributed by atoms with E-state index < -0.39 is 0 Å². The molecule has 7 heteroatoms. The van der Waals surface area contributed by atoms with Crippen molar-refractivity contribution in [2.24, 2.45) is 0 Å². The molecule has 0 atom stereocenters. The molecule has 0 radical (unpaired) electrons. The second-order valence-electron chi connectivity index (χ2n) is 10.9. The van der Waals surface area contributed by atoms with Gasteiger partial charge in [0.2, 0.25) is 0 Å². The van der Waals surface area contributed by atoms with Crippen molar-refractivity contribution in [3.63, 3.8) is 0 Å². The van der Waals surface area contributed by atoms with Crippen molar-refractivity contribution in [2.75, 3.05) is 31.2 Å². The van der Waals surface area contributed by atoms with Crippen molar-refractivity contribution in [3.05, 3.63) is 47.9 Å². The molecule has 222 valence electrons. The van der Waals surface area contributed by atoms with E-state index in [0.717, 1.165) is 47.5 Å². The second kappa shape index (κ2) is 17.9. The highest BCUT2D eigenvalue weighted by Gasteiger charge is 2.19. The maximum absolute atomic E-state index is 12.5. The SMILES string of the molecule is CCCCCCCC/C=C\CCCCCCCC(=O)Oc1cccc(-c2nc(N3CCOCC3)c3sccc3n2)c1. The highest BCUT2D eigenvalue weighted by atomic mass is 32.1. The molecule has 1 aliphatic heterocycles. The van der Waals surface area contributed by atoms with Gasteiger partial charge >= 0.3 is 5.97 Å². The maximum atomic E-state index is 12.5. The Kier molecular flexibility index (Phi) is 13.6. The number of hydrogen-bond acceptors (Lipinski definition) is 7. The van der Waals surface area contributed by atoms with Crippen molar-refractivity contribution in [2.45, 2.75) is 96.8 Å². The second-order valence-corrected chi connectivity index (χ2v) is 11.9. The van der Waals surface area contributed by atoms with Crippen molar-refractivity contribution in [1.29, 1.82) is 0 Å². The summed E-state index contributed by atoms with van der Waals surface area (Å²) in [6.07, 6.45) is 21.3. The zero-order valence-electron chi connectivity index (χ0n) is 24.8. The van der Waals surface area contributed by atoms with E-state index in [4.69, 9.17) is 19.4 Å². The Morgan fingerprint density at radius 3 is 2.39 bits per heavy atom. The van der Waals surface area contributed by atoms with Gasteiger partial charge in [0.15, 0.2) is 11.6 Å². The zero-order chi connectivity index (χ0) is 28.5. The lowest BCUT2D eigenvalue weighted by Gasteiger charge is -2.28. The number of benzene rings is 1. The molecule has 3 aromatic rings. The first kappa shape index (κ1) is 31.2. The molecule has 1 aromatic carbocycles. The minimum Gasteiger partial charge on any atom is -0.427 e. The molecule has 0 saturated carbocycles. The fraction of sp³-hybridized carbons (Fsp3) is 0.559. The summed E-state index contributed by atoms with van der Waals surface area (Å²) >= 11 is 1.66. The number of unbranched alkanes of at least 4 members (excludes halogenated alkanes) is 11. The quantitative estimate of drug-likeness (QED) is 0.0650. The van der Waals surface area contributed by atoms with E-state index in [2.05, 4.69) is 29.4 Å². The van der Waals surface area contributed by atoms with Crippen LogP contribution in [0.1, 0.15) is 96.8 Å². The van der Waals surface area contributed by atoms with Gasteiger partial charge in [-0.25, -0.2) is 9.97 Å². The minimum absolute atomic E-state index is 0.178. The largest absolute Gasteiger partial charge is 0.427 e. The number of rotatable bonds is 18. The van der Waals surface area contributed by atoms with Gasteiger partial charge in [-0.3, -0.25) is 4.79 Å². The lowest BCUT2D eigenvalue weighted by atomic mass is 10.1. The smallest absolute Gasteiger partial charge is 0.311 e. The summed E-state index contributed by atoms with van der Waals surface area (Å²) in [5.41, 5.74) is 1.78. The van der Waals surface area contributed by atoms with Crippen LogP contribution in [0.3, 0.4) is 0 Å². The Bertz CT molecular complexity index is 1220. The summed E-state index contributed by atoms with van der Waals surface area (Å²) in [6.45, 7) is 5.31. The van der Waals surface area contributed by atoms with Gasteiger partial charge in [0.25, 0.3) is 0 Å². The standard InChI is InChI=1S/C34H47N3O3S/c1-2-3-4-5-6-7-8-9-10-11-12-13-14-15-16-20-31(38)40-29-19-17-18-28(27-29)33-35-30-21-26-41-32(30)34(36-33)37-22-24-39-25-23-37/h9-10,17-19,21,26-27H,2-8,11-16,20,22-25H2,1H3/b10-9-. The fourth-order valence-electron chi connectivity index (χ4n) is 5.19. The molecular formula is C34H47N3O3S. The highest BCUT2D eigenvalue weighted by molar-refractivity contribution is 7.17. The molecule has 2 aromatic heterocycles. The first-order valence-corrected chi connectivity index (χ1v) is 16.7. The van der Waals surface area contributed by atoms with Crippen molar-refractivity contribution in [3.8, 4) is 17.1 Å². The average Bonchev–Trinajstić information content (AvgIpc) is 3.48. The topological polar surface area (TPSA) is 64.5 Å².